The summed E-state index contributed by atoms with van der Waals surface area (Å²) in [4.78, 5) is 0. The number of hydrogen-bond acceptors (Lipinski definition) is 3. The first kappa shape index (κ1) is 12.8. The van der Waals surface area contributed by atoms with E-state index in [2.05, 4.69) is 18.3 Å². The molecule has 0 saturated carbocycles. The first-order chi connectivity index (χ1) is 7.65. The van der Waals surface area contributed by atoms with Gasteiger partial charge in [-0.05, 0) is 37.1 Å². The molecule has 16 heavy (non-hydrogen) atoms. The fourth-order valence-corrected chi connectivity index (χ4v) is 1.88. The minimum Gasteiger partial charge on any atom is -0.399 e. The maximum Gasteiger partial charge on any atom is 0.0664 e. The predicted octanol–water partition coefficient (Wildman–Crippen LogP) is 2.80. The van der Waals surface area contributed by atoms with Gasteiger partial charge < -0.3 is 15.8 Å². The van der Waals surface area contributed by atoms with Gasteiger partial charge in [0, 0.05) is 24.5 Å². The van der Waals surface area contributed by atoms with Crippen LogP contribution in [0.4, 0.5) is 11.4 Å². The number of nitrogens with one attached hydrogen (secondary N) is 1. The van der Waals surface area contributed by atoms with Crippen LogP contribution in [0.5, 0.6) is 0 Å². The highest BCUT2D eigenvalue weighted by Gasteiger charge is 2.07. The van der Waals surface area contributed by atoms with Crippen molar-refractivity contribution in [3.05, 3.63) is 23.8 Å². The zero-order valence-electron chi connectivity index (χ0n) is 10.4. The van der Waals surface area contributed by atoms with E-state index in [0.717, 1.165) is 30.8 Å². The van der Waals surface area contributed by atoms with E-state index in [9.17, 15) is 0 Å². The van der Waals surface area contributed by atoms with Crippen molar-refractivity contribution in [2.45, 2.75) is 32.7 Å². The molecule has 1 unspecified atom stereocenters. The Hall–Kier alpha value is -1.22. The van der Waals surface area contributed by atoms with Crippen molar-refractivity contribution >= 4 is 11.4 Å². The van der Waals surface area contributed by atoms with E-state index in [4.69, 9.17) is 10.5 Å². The minimum absolute atomic E-state index is 0.358. The second-order valence-electron chi connectivity index (χ2n) is 4.22. The summed E-state index contributed by atoms with van der Waals surface area (Å²) >= 11 is 0. The Bertz CT molecular complexity index is 299. The molecule has 0 spiro atoms. The van der Waals surface area contributed by atoms with Gasteiger partial charge in [0.25, 0.3) is 0 Å². The molecule has 0 bridgehead atoms. The maximum atomic E-state index is 5.81. The van der Waals surface area contributed by atoms with Crippen molar-refractivity contribution in [2.24, 2.45) is 0 Å². The molecule has 0 amide bonds. The fourth-order valence-electron chi connectivity index (χ4n) is 1.88. The van der Waals surface area contributed by atoms with Gasteiger partial charge in [-0.25, -0.2) is 0 Å². The van der Waals surface area contributed by atoms with E-state index in [-0.39, 0.29) is 0 Å². The first-order valence-corrected chi connectivity index (χ1v) is 5.78. The zero-order chi connectivity index (χ0) is 12.0. The molecule has 1 aromatic rings. The molecule has 0 aliphatic carbocycles. The summed E-state index contributed by atoms with van der Waals surface area (Å²) in [5, 5.41) is 3.46. The lowest BCUT2D eigenvalue weighted by Gasteiger charge is -2.19. The van der Waals surface area contributed by atoms with Gasteiger partial charge >= 0.3 is 0 Å². The van der Waals surface area contributed by atoms with Crippen molar-refractivity contribution < 1.29 is 4.74 Å². The van der Waals surface area contributed by atoms with Crippen molar-refractivity contribution in [3.8, 4) is 0 Å². The summed E-state index contributed by atoms with van der Waals surface area (Å²) in [6, 6.07) is 6.40. The molecule has 0 aromatic heterocycles. The summed E-state index contributed by atoms with van der Waals surface area (Å²) in [7, 11) is 1.73. The highest BCUT2D eigenvalue weighted by Crippen LogP contribution is 2.17. The molecular formula is C13H22N2O. The normalized spacial score (nSPS) is 12.4. The second-order valence-corrected chi connectivity index (χ2v) is 4.22. The number of nitrogens with two attached hydrogens (primary N) is 1. The third-order valence-corrected chi connectivity index (χ3v) is 2.48. The quantitative estimate of drug-likeness (QED) is 0.728. The lowest BCUT2D eigenvalue weighted by molar-refractivity contribution is 0.182. The van der Waals surface area contributed by atoms with Crippen LogP contribution in [0.2, 0.25) is 0 Å². The van der Waals surface area contributed by atoms with E-state index < -0.39 is 0 Å². The summed E-state index contributed by atoms with van der Waals surface area (Å²) in [6.45, 7) is 4.95. The Kier molecular flexibility index (Phi) is 5.12. The third kappa shape index (κ3) is 4.11. The minimum atomic E-state index is 0.358. The van der Waals surface area contributed by atoms with Crippen LogP contribution in [0.25, 0.3) is 0 Å². The molecule has 0 aliphatic heterocycles. The molecule has 3 heteroatoms. The highest BCUT2D eigenvalue weighted by molar-refractivity contribution is 5.57. The Morgan fingerprint density at radius 3 is 2.69 bits per heavy atom. The van der Waals surface area contributed by atoms with Gasteiger partial charge in [0.1, 0.15) is 0 Å². The molecule has 90 valence electrons. The number of aryl methyl sites for hydroxylation is 1. The fraction of sp³-hybridized carbons (Fsp3) is 0.538. The number of rotatable bonds is 6. The van der Waals surface area contributed by atoms with Gasteiger partial charge in [-0.3, -0.25) is 0 Å². The number of ether oxygens (including phenoxy) is 1. The lowest BCUT2D eigenvalue weighted by Crippen LogP contribution is -2.24. The van der Waals surface area contributed by atoms with Crippen LogP contribution in [-0.4, -0.2) is 19.8 Å². The van der Waals surface area contributed by atoms with Crippen molar-refractivity contribution in [1.82, 2.24) is 0 Å². The summed E-state index contributed by atoms with van der Waals surface area (Å²) < 4.78 is 5.20. The monoisotopic (exact) mass is 222 g/mol. The molecule has 0 aliphatic rings. The van der Waals surface area contributed by atoms with Gasteiger partial charge in [-0.1, -0.05) is 13.3 Å². The number of hydrogen-bond donors (Lipinski definition) is 2. The molecule has 0 heterocycles. The number of nitrogen functional groups attached to an aromatic ring is 1. The van der Waals surface area contributed by atoms with Gasteiger partial charge in [-0.15, -0.1) is 0 Å². The van der Waals surface area contributed by atoms with Crippen LogP contribution in [-0.2, 0) is 4.74 Å². The molecule has 0 radical (unpaired) electrons. The van der Waals surface area contributed by atoms with Crippen LogP contribution in [0, 0.1) is 6.92 Å². The van der Waals surface area contributed by atoms with Crippen LogP contribution >= 0.6 is 0 Å². The van der Waals surface area contributed by atoms with Gasteiger partial charge in [-0.2, -0.15) is 0 Å². The molecule has 1 aromatic carbocycles. The second kappa shape index (κ2) is 6.38. The summed E-state index contributed by atoms with van der Waals surface area (Å²) in [5.41, 5.74) is 8.87. The van der Waals surface area contributed by atoms with E-state index >= 15 is 0 Å². The van der Waals surface area contributed by atoms with Crippen LogP contribution in [0.15, 0.2) is 18.2 Å². The van der Waals surface area contributed by atoms with E-state index in [1.54, 1.807) is 7.11 Å². The Morgan fingerprint density at radius 1 is 1.38 bits per heavy atom. The molecule has 1 atom stereocenters. The topological polar surface area (TPSA) is 47.3 Å². The lowest BCUT2D eigenvalue weighted by atomic mass is 10.1. The van der Waals surface area contributed by atoms with Crippen molar-refractivity contribution in [2.75, 3.05) is 24.8 Å². The predicted molar refractivity (Wildman–Crippen MR) is 69.8 cm³/mol. The highest BCUT2D eigenvalue weighted by atomic mass is 16.5. The standard InChI is InChI=1S/C13H22N2O/c1-4-5-12(9-16-3)15-13-7-10(2)6-11(14)8-13/h6-8,12,15H,4-5,9,14H2,1-3H3. The van der Waals surface area contributed by atoms with Gasteiger partial charge in [0.15, 0.2) is 0 Å². The molecule has 0 fully saturated rings. The third-order valence-electron chi connectivity index (χ3n) is 2.48. The molecule has 0 saturated heterocycles. The number of methoxy groups -OCH3 is 1. The number of anilines is 2. The van der Waals surface area contributed by atoms with Crippen LogP contribution in [0.3, 0.4) is 0 Å². The molecule has 3 N–H and O–H groups in total. The molecular weight excluding hydrogens is 200 g/mol. The Morgan fingerprint density at radius 2 is 2.12 bits per heavy atom. The van der Waals surface area contributed by atoms with Crippen molar-refractivity contribution in [3.63, 3.8) is 0 Å². The first-order valence-electron chi connectivity index (χ1n) is 5.78. The summed E-state index contributed by atoms with van der Waals surface area (Å²) in [6.07, 6.45) is 2.24. The van der Waals surface area contributed by atoms with E-state index in [1.165, 1.54) is 5.56 Å². The SMILES string of the molecule is CCCC(COC)Nc1cc(C)cc(N)c1. The van der Waals surface area contributed by atoms with Crippen LogP contribution in [0.1, 0.15) is 25.3 Å². The van der Waals surface area contributed by atoms with Crippen LogP contribution < -0.4 is 11.1 Å². The Labute approximate surface area is 98.0 Å². The average molecular weight is 222 g/mol. The zero-order valence-corrected chi connectivity index (χ0v) is 10.4. The molecule has 1 rings (SSSR count). The van der Waals surface area contributed by atoms with E-state index in [0.29, 0.717) is 6.04 Å². The van der Waals surface area contributed by atoms with Gasteiger partial charge in [0.05, 0.1) is 6.61 Å². The maximum absolute atomic E-state index is 5.81. The summed E-state index contributed by atoms with van der Waals surface area (Å²) in [5.74, 6) is 0. The molecule has 3 nitrogen and oxygen atoms in total. The smallest absolute Gasteiger partial charge is 0.0664 e. The average Bonchev–Trinajstić information content (AvgIpc) is 2.16. The largest absolute Gasteiger partial charge is 0.399 e. The van der Waals surface area contributed by atoms with Crippen molar-refractivity contribution in [1.29, 1.82) is 0 Å². The Balaban J connectivity index is 2.68. The van der Waals surface area contributed by atoms with Gasteiger partial charge in [0.2, 0.25) is 0 Å². The number of benzene rings is 1. The van der Waals surface area contributed by atoms with E-state index in [1.807, 2.05) is 19.1 Å².